The summed E-state index contributed by atoms with van der Waals surface area (Å²) in [5.74, 6) is -0.225. The highest BCUT2D eigenvalue weighted by Gasteiger charge is 2.21. The van der Waals surface area contributed by atoms with Gasteiger partial charge in [0, 0.05) is 6.20 Å². The van der Waals surface area contributed by atoms with E-state index in [0.717, 1.165) is 11.1 Å². The third kappa shape index (κ3) is 2.85. The fourth-order valence-electron chi connectivity index (χ4n) is 2.93. The summed E-state index contributed by atoms with van der Waals surface area (Å²) in [7, 11) is 0. The molecule has 26 heavy (non-hydrogen) atoms. The maximum absolute atomic E-state index is 13.1. The molecule has 0 amide bonds. The number of hydrogen-bond acceptors (Lipinski definition) is 5. The van der Waals surface area contributed by atoms with Crippen molar-refractivity contribution in [3.05, 3.63) is 62.3 Å². The maximum Gasteiger partial charge on any atom is 0.301 e. The Kier molecular flexibility index (Phi) is 4.53. The number of hydrogen-bond donors (Lipinski definition) is 1. The van der Waals surface area contributed by atoms with Crippen LogP contribution in [0.1, 0.15) is 29.3 Å². The fourth-order valence-corrected chi connectivity index (χ4v) is 3.06. The fraction of sp³-hybridized carbons (Fsp3) is 0.222. The molecule has 132 valence electrons. The van der Waals surface area contributed by atoms with E-state index in [-0.39, 0.29) is 11.4 Å². The van der Waals surface area contributed by atoms with Gasteiger partial charge in [-0.05, 0) is 43.5 Å². The molecule has 3 rings (SSSR count). The van der Waals surface area contributed by atoms with E-state index in [9.17, 15) is 9.90 Å². The van der Waals surface area contributed by atoms with Crippen molar-refractivity contribution in [2.75, 3.05) is 0 Å². The minimum Gasteiger partial charge on any atom is -0.504 e. The molecule has 7 nitrogen and oxygen atoms in total. The molecule has 0 aliphatic heterocycles. The van der Waals surface area contributed by atoms with Gasteiger partial charge in [0.2, 0.25) is 0 Å². The first-order valence-electron chi connectivity index (χ1n) is 7.94. The first-order chi connectivity index (χ1) is 12.4. The Morgan fingerprint density at radius 1 is 1.27 bits per heavy atom. The Hall–Kier alpha value is -3.11. The molecule has 0 saturated carbocycles. The van der Waals surface area contributed by atoms with Crippen LogP contribution in [0.25, 0.3) is 11.4 Å². The van der Waals surface area contributed by atoms with Crippen LogP contribution in [0.15, 0.2) is 29.3 Å². The summed E-state index contributed by atoms with van der Waals surface area (Å²) >= 11 is 5.91. The molecule has 3 aromatic rings. The second-order valence-corrected chi connectivity index (χ2v) is 6.32. The van der Waals surface area contributed by atoms with Crippen molar-refractivity contribution < 1.29 is 5.11 Å². The lowest BCUT2D eigenvalue weighted by molar-refractivity contribution is 0.452. The van der Waals surface area contributed by atoms with Gasteiger partial charge < -0.3 is 5.11 Å². The summed E-state index contributed by atoms with van der Waals surface area (Å²) in [4.78, 5) is 13.1. The lowest BCUT2D eigenvalue weighted by Gasteiger charge is -2.16. The molecule has 2 aromatic heterocycles. The summed E-state index contributed by atoms with van der Waals surface area (Å²) in [5, 5.41) is 28.3. The molecule has 8 heteroatoms. The van der Waals surface area contributed by atoms with Crippen LogP contribution in [0.4, 0.5) is 0 Å². The third-order valence-electron chi connectivity index (χ3n) is 4.06. The predicted octanol–water partition coefficient (Wildman–Crippen LogP) is 2.83. The van der Waals surface area contributed by atoms with Crippen molar-refractivity contribution in [1.29, 1.82) is 5.26 Å². The molecule has 0 saturated heterocycles. The molecule has 0 unspecified atom stereocenters. The number of nitrogens with zero attached hydrogens (tertiary/aromatic N) is 5. The lowest BCUT2D eigenvalue weighted by atomic mass is 10.0. The molecule has 0 fully saturated rings. The first kappa shape index (κ1) is 17.7. The van der Waals surface area contributed by atoms with Crippen molar-refractivity contribution >= 4 is 11.6 Å². The van der Waals surface area contributed by atoms with Gasteiger partial charge in [-0.25, -0.2) is 4.68 Å². The molecule has 0 radical (unpaired) electrons. The van der Waals surface area contributed by atoms with Crippen molar-refractivity contribution in [3.8, 4) is 23.2 Å². The van der Waals surface area contributed by atoms with Crippen LogP contribution >= 0.6 is 11.6 Å². The van der Waals surface area contributed by atoms with E-state index < -0.39 is 5.56 Å². The molecule has 0 atom stereocenters. The molecular weight excluding hydrogens is 354 g/mol. The van der Waals surface area contributed by atoms with E-state index in [2.05, 4.69) is 16.3 Å². The molecule has 0 bridgehead atoms. The van der Waals surface area contributed by atoms with E-state index in [4.69, 9.17) is 16.9 Å². The zero-order valence-corrected chi connectivity index (χ0v) is 15.2. The number of rotatable bonds is 3. The van der Waals surface area contributed by atoms with Gasteiger partial charge in [0.05, 0.1) is 28.5 Å². The van der Waals surface area contributed by atoms with E-state index in [0.29, 0.717) is 28.4 Å². The number of aryl methyl sites for hydroxylation is 3. The molecule has 0 aliphatic rings. The van der Waals surface area contributed by atoms with Crippen LogP contribution in [0.3, 0.4) is 0 Å². The van der Waals surface area contributed by atoms with Crippen molar-refractivity contribution in [2.24, 2.45) is 0 Å². The minimum atomic E-state index is -0.532. The van der Waals surface area contributed by atoms with Crippen LogP contribution in [0.5, 0.6) is 5.75 Å². The second-order valence-electron chi connectivity index (χ2n) is 5.89. The highest BCUT2D eigenvalue weighted by molar-refractivity contribution is 6.30. The maximum atomic E-state index is 13.1. The molecule has 0 aliphatic carbocycles. The molecular formula is C18H16ClN5O2. The highest BCUT2D eigenvalue weighted by Crippen LogP contribution is 2.25. The van der Waals surface area contributed by atoms with E-state index in [1.807, 2.05) is 6.92 Å². The third-order valence-corrected chi connectivity index (χ3v) is 4.26. The number of benzene rings is 1. The molecule has 2 heterocycles. The molecule has 1 aromatic carbocycles. The summed E-state index contributed by atoms with van der Waals surface area (Å²) in [5.41, 5.74) is 2.34. The Morgan fingerprint density at radius 3 is 2.42 bits per heavy atom. The Balaban J connectivity index is 2.38. The van der Waals surface area contributed by atoms with Gasteiger partial charge in [-0.2, -0.15) is 20.1 Å². The van der Waals surface area contributed by atoms with Crippen LogP contribution < -0.4 is 5.56 Å². The summed E-state index contributed by atoms with van der Waals surface area (Å²) in [6.45, 7) is 5.44. The molecule has 1 N–H and O–H groups in total. The van der Waals surface area contributed by atoms with Crippen molar-refractivity contribution in [1.82, 2.24) is 19.6 Å². The van der Waals surface area contributed by atoms with Gasteiger partial charge in [0.1, 0.15) is 5.69 Å². The lowest BCUT2D eigenvalue weighted by Crippen LogP contribution is -2.28. The van der Waals surface area contributed by atoms with E-state index in [1.165, 1.54) is 21.8 Å². The zero-order valence-electron chi connectivity index (χ0n) is 14.5. The van der Waals surface area contributed by atoms with Gasteiger partial charge >= 0.3 is 5.56 Å². The Morgan fingerprint density at radius 2 is 1.92 bits per heavy atom. The standard InChI is InChI=1S/C18H16ClN5O2/c1-4-14-17(25)16(23-9-13(19)8-21-23)18(26)24(22-14)15-10(2)5-12(7-20)6-11(15)3/h5-6,8-9,25H,4H2,1-3H3. The van der Waals surface area contributed by atoms with Crippen LogP contribution in [0.2, 0.25) is 5.02 Å². The Labute approximate surface area is 154 Å². The van der Waals surface area contributed by atoms with Crippen molar-refractivity contribution in [3.63, 3.8) is 0 Å². The summed E-state index contributed by atoms with van der Waals surface area (Å²) < 4.78 is 2.49. The van der Waals surface area contributed by atoms with Crippen molar-refractivity contribution in [2.45, 2.75) is 27.2 Å². The quantitative estimate of drug-likeness (QED) is 0.765. The van der Waals surface area contributed by atoms with Gasteiger partial charge in [0.15, 0.2) is 11.4 Å². The van der Waals surface area contributed by atoms with Crippen LogP contribution in [-0.4, -0.2) is 24.7 Å². The Bertz CT molecular complexity index is 1080. The SMILES string of the molecule is CCc1nn(-c2c(C)cc(C#N)cc2C)c(=O)c(-n2cc(Cl)cn2)c1O. The average molecular weight is 370 g/mol. The number of nitriles is 1. The second kappa shape index (κ2) is 6.65. The predicted molar refractivity (Wildman–Crippen MR) is 97.2 cm³/mol. The minimum absolute atomic E-state index is 0.0214. The van der Waals surface area contributed by atoms with Gasteiger partial charge in [0.25, 0.3) is 0 Å². The zero-order chi connectivity index (χ0) is 19.0. The first-order valence-corrected chi connectivity index (χ1v) is 8.32. The van der Waals surface area contributed by atoms with Crippen LogP contribution in [0, 0.1) is 25.2 Å². The average Bonchev–Trinajstić information content (AvgIpc) is 3.02. The van der Waals surface area contributed by atoms with Crippen LogP contribution in [-0.2, 0) is 6.42 Å². The van der Waals surface area contributed by atoms with E-state index in [1.54, 1.807) is 26.0 Å². The smallest absolute Gasteiger partial charge is 0.301 e. The largest absolute Gasteiger partial charge is 0.504 e. The van der Waals surface area contributed by atoms with E-state index >= 15 is 0 Å². The molecule has 0 spiro atoms. The highest BCUT2D eigenvalue weighted by atomic mass is 35.5. The topological polar surface area (TPSA) is 96.7 Å². The monoisotopic (exact) mass is 369 g/mol. The summed E-state index contributed by atoms with van der Waals surface area (Å²) in [6, 6.07) is 5.48. The number of aromatic nitrogens is 4. The number of aromatic hydroxyl groups is 1. The van der Waals surface area contributed by atoms with Gasteiger partial charge in [-0.1, -0.05) is 18.5 Å². The summed E-state index contributed by atoms with van der Waals surface area (Å²) in [6.07, 6.45) is 3.25. The van der Waals surface area contributed by atoms with Gasteiger partial charge in [-0.15, -0.1) is 0 Å². The number of halogens is 1. The van der Waals surface area contributed by atoms with Gasteiger partial charge in [-0.3, -0.25) is 4.79 Å². The normalized spacial score (nSPS) is 10.7.